The van der Waals surface area contributed by atoms with Gasteiger partial charge in [0.2, 0.25) is 0 Å². The van der Waals surface area contributed by atoms with Crippen molar-refractivity contribution in [2.24, 2.45) is 0 Å². The molecule has 108 valence electrons. The molecule has 1 fully saturated rings. The van der Waals surface area contributed by atoms with Gasteiger partial charge in [-0.05, 0) is 38.1 Å². The summed E-state index contributed by atoms with van der Waals surface area (Å²) in [6.45, 7) is 3.00. The molecule has 2 heterocycles. The highest BCUT2D eigenvalue weighted by Gasteiger charge is 2.22. The number of hydrogen-bond acceptors (Lipinski definition) is 5. The van der Waals surface area contributed by atoms with Crippen molar-refractivity contribution in [3.63, 3.8) is 0 Å². The van der Waals surface area contributed by atoms with Crippen LogP contribution in [0.15, 0.2) is 18.2 Å². The van der Waals surface area contributed by atoms with E-state index in [1.165, 1.54) is 0 Å². The quantitative estimate of drug-likeness (QED) is 0.770. The molecule has 0 aliphatic carbocycles. The van der Waals surface area contributed by atoms with Crippen molar-refractivity contribution in [2.45, 2.75) is 18.9 Å². The van der Waals surface area contributed by atoms with Crippen molar-refractivity contribution in [3.05, 3.63) is 23.8 Å². The van der Waals surface area contributed by atoms with Gasteiger partial charge in [0, 0.05) is 13.1 Å². The van der Waals surface area contributed by atoms with E-state index in [2.05, 4.69) is 11.9 Å². The summed E-state index contributed by atoms with van der Waals surface area (Å²) in [5.41, 5.74) is 0.521. The van der Waals surface area contributed by atoms with Gasteiger partial charge in [-0.25, -0.2) is 4.79 Å². The van der Waals surface area contributed by atoms with Gasteiger partial charge in [-0.1, -0.05) is 0 Å². The van der Waals surface area contributed by atoms with E-state index in [1.54, 1.807) is 18.2 Å². The topological polar surface area (TPSA) is 48.0 Å². The molecule has 1 saturated heterocycles. The van der Waals surface area contributed by atoms with Crippen LogP contribution in [0.4, 0.5) is 0 Å². The lowest BCUT2D eigenvalue weighted by atomic mass is 10.1. The van der Waals surface area contributed by atoms with Gasteiger partial charge < -0.3 is 19.1 Å². The molecule has 1 aromatic carbocycles. The van der Waals surface area contributed by atoms with Crippen LogP contribution in [0.1, 0.15) is 23.2 Å². The number of ether oxygens (including phenoxy) is 3. The largest absolute Gasteiger partial charge is 0.486 e. The number of carbonyl (C=O) groups excluding carboxylic acids is 1. The zero-order chi connectivity index (χ0) is 13.9. The van der Waals surface area contributed by atoms with Gasteiger partial charge in [0.25, 0.3) is 0 Å². The summed E-state index contributed by atoms with van der Waals surface area (Å²) in [6, 6.07) is 5.19. The Kier molecular flexibility index (Phi) is 3.78. The second kappa shape index (κ2) is 5.71. The van der Waals surface area contributed by atoms with Gasteiger partial charge in [-0.3, -0.25) is 0 Å². The Morgan fingerprint density at radius 1 is 1.20 bits per heavy atom. The number of rotatable bonds is 2. The fraction of sp³-hybridized carbons (Fsp3) is 0.533. The summed E-state index contributed by atoms with van der Waals surface area (Å²) in [6.07, 6.45) is 1.81. The Hall–Kier alpha value is -1.75. The SMILES string of the molecule is CN1CCC(OC(=O)c2ccc3c(c2)OCCO3)CC1. The second-order valence-corrected chi connectivity index (χ2v) is 5.27. The van der Waals surface area contributed by atoms with Crippen molar-refractivity contribution >= 4 is 5.97 Å². The summed E-state index contributed by atoms with van der Waals surface area (Å²) >= 11 is 0. The first kappa shape index (κ1) is 13.2. The lowest BCUT2D eigenvalue weighted by Gasteiger charge is -2.28. The second-order valence-electron chi connectivity index (χ2n) is 5.27. The molecule has 5 heteroatoms. The smallest absolute Gasteiger partial charge is 0.338 e. The normalized spacial score (nSPS) is 19.6. The van der Waals surface area contributed by atoms with Crippen LogP contribution >= 0.6 is 0 Å². The zero-order valence-electron chi connectivity index (χ0n) is 11.6. The molecule has 0 atom stereocenters. The summed E-state index contributed by atoms with van der Waals surface area (Å²) in [5.74, 6) is 1.03. The molecule has 20 heavy (non-hydrogen) atoms. The van der Waals surface area contributed by atoms with Crippen LogP contribution in [0.5, 0.6) is 11.5 Å². The number of esters is 1. The van der Waals surface area contributed by atoms with Crippen molar-refractivity contribution in [2.75, 3.05) is 33.4 Å². The molecule has 0 aromatic heterocycles. The van der Waals surface area contributed by atoms with Crippen LogP contribution in [0, 0.1) is 0 Å². The fourth-order valence-electron chi connectivity index (χ4n) is 2.49. The van der Waals surface area contributed by atoms with Crippen molar-refractivity contribution < 1.29 is 19.0 Å². The van der Waals surface area contributed by atoms with Crippen molar-refractivity contribution in [1.29, 1.82) is 0 Å². The van der Waals surface area contributed by atoms with E-state index in [9.17, 15) is 4.79 Å². The molecule has 3 rings (SSSR count). The number of hydrogen-bond donors (Lipinski definition) is 0. The minimum Gasteiger partial charge on any atom is -0.486 e. The van der Waals surface area contributed by atoms with Crippen LogP contribution in [-0.2, 0) is 4.74 Å². The maximum absolute atomic E-state index is 12.1. The van der Waals surface area contributed by atoms with Gasteiger partial charge in [0.1, 0.15) is 19.3 Å². The molecular weight excluding hydrogens is 258 g/mol. The highest BCUT2D eigenvalue weighted by atomic mass is 16.6. The number of fused-ring (bicyclic) bond motifs is 1. The minimum atomic E-state index is -0.281. The summed E-state index contributed by atoms with van der Waals surface area (Å²) in [7, 11) is 2.08. The third kappa shape index (κ3) is 2.88. The Morgan fingerprint density at radius 2 is 1.90 bits per heavy atom. The lowest BCUT2D eigenvalue weighted by molar-refractivity contribution is 0.0138. The first-order valence-corrected chi connectivity index (χ1v) is 7.01. The Bertz CT molecular complexity index is 495. The van der Waals surface area contributed by atoms with Gasteiger partial charge in [0.15, 0.2) is 11.5 Å². The fourth-order valence-corrected chi connectivity index (χ4v) is 2.49. The monoisotopic (exact) mass is 277 g/mol. The predicted molar refractivity (Wildman–Crippen MR) is 73.4 cm³/mol. The standard InChI is InChI=1S/C15H19NO4/c1-16-6-4-12(5-7-16)20-15(17)11-2-3-13-14(10-11)19-9-8-18-13/h2-3,10,12H,4-9H2,1H3. The van der Waals surface area contributed by atoms with E-state index in [1.807, 2.05) is 0 Å². The van der Waals surface area contributed by atoms with Crippen molar-refractivity contribution in [1.82, 2.24) is 4.90 Å². The average Bonchev–Trinajstić information content (AvgIpc) is 2.49. The summed E-state index contributed by atoms with van der Waals surface area (Å²) < 4.78 is 16.5. The predicted octanol–water partition coefficient (Wildman–Crippen LogP) is 1.71. The third-order valence-corrected chi connectivity index (χ3v) is 3.72. The van der Waals surface area contributed by atoms with Gasteiger partial charge in [-0.15, -0.1) is 0 Å². The number of likely N-dealkylation sites (tertiary alicyclic amines) is 1. The summed E-state index contributed by atoms with van der Waals surface area (Å²) in [5, 5.41) is 0. The number of piperidine rings is 1. The van der Waals surface area contributed by atoms with E-state index in [0.717, 1.165) is 25.9 Å². The van der Waals surface area contributed by atoms with Crippen LogP contribution in [0.25, 0.3) is 0 Å². The molecule has 0 spiro atoms. The third-order valence-electron chi connectivity index (χ3n) is 3.72. The molecule has 0 amide bonds. The van der Waals surface area contributed by atoms with E-state index < -0.39 is 0 Å². The highest BCUT2D eigenvalue weighted by molar-refractivity contribution is 5.90. The van der Waals surface area contributed by atoms with Gasteiger partial charge in [-0.2, -0.15) is 0 Å². The summed E-state index contributed by atoms with van der Waals surface area (Å²) in [4.78, 5) is 14.4. The molecule has 0 N–H and O–H groups in total. The Labute approximate surface area is 118 Å². The van der Waals surface area contributed by atoms with E-state index >= 15 is 0 Å². The molecule has 1 aromatic rings. The van der Waals surface area contributed by atoms with Crippen LogP contribution in [0.2, 0.25) is 0 Å². The maximum atomic E-state index is 12.1. The van der Waals surface area contributed by atoms with Gasteiger partial charge >= 0.3 is 5.97 Å². The zero-order valence-corrected chi connectivity index (χ0v) is 11.6. The molecule has 0 saturated carbocycles. The number of nitrogens with zero attached hydrogens (tertiary/aromatic N) is 1. The van der Waals surface area contributed by atoms with Crippen molar-refractivity contribution in [3.8, 4) is 11.5 Å². The number of carbonyl (C=O) groups is 1. The minimum absolute atomic E-state index is 0.0203. The van der Waals surface area contributed by atoms with E-state index in [0.29, 0.717) is 30.3 Å². The maximum Gasteiger partial charge on any atom is 0.338 e. The molecule has 0 unspecified atom stereocenters. The molecule has 0 radical (unpaired) electrons. The average molecular weight is 277 g/mol. The van der Waals surface area contributed by atoms with E-state index in [4.69, 9.17) is 14.2 Å². The first-order chi connectivity index (χ1) is 9.72. The number of benzene rings is 1. The molecule has 0 bridgehead atoms. The van der Waals surface area contributed by atoms with E-state index in [-0.39, 0.29) is 12.1 Å². The lowest BCUT2D eigenvalue weighted by Crippen LogP contribution is -2.35. The van der Waals surface area contributed by atoms with Gasteiger partial charge in [0.05, 0.1) is 5.56 Å². The molecule has 2 aliphatic rings. The first-order valence-electron chi connectivity index (χ1n) is 7.01. The molecule has 2 aliphatic heterocycles. The Balaban J connectivity index is 1.65. The van der Waals surface area contributed by atoms with Crippen LogP contribution in [0.3, 0.4) is 0 Å². The van der Waals surface area contributed by atoms with Crippen LogP contribution in [-0.4, -0.2) is 50.3 Å². The molecule has 5 nitrogen and oxygen atoms in total. The highest BCUT2D eigenvalue weighted by Crippen LogP contribution is 2.31. The molecular formula is C15H19NO4. The van der Waals surface area contributed by atoms with Crippen LogP contribution < -0.4 is 9.47 Å². The Morgan fingerprint density at radius 3 is 2.65 bits per heavy atom.